The second-order valence-corrected chi connectivity index (χ2v) is 7.08. The molecule has 112 valence electrons. The molecule has 0 fully saturated rings. The first-order chi connectivity index (χ1) is 10.1. The van der Waals surface area contributed by atoms with Gasteiger partial charge in [0.05, 0.1) is 0 Å². The zero-order chi connectivity index (χ0) is 15.2. The molecule has 0 aliphatic carbocycles. The highest BCUT2D eigenvalue weighted by Crippen LogP contribution is 2.33. The maximum Gasteiger partial charge on any atom is 0.101 e. The van der Waals surface area contributed by atoms with Gasteiger partial charge in [-0.25, -0.2) is 4.98 Å². The topological polar surface area (TPSA) is 24.9 Å². The average molecular weight is 365 g/mol. The first-order valence-electron chi connectivity index (χ1n) is 7.20. The number of benzene rings is 1. The van der Waals surface area contributed by atoms with E-state index in [-0.39, 0.29) is 0 Å². The second kappa shape index (κ2) is 7.97. The van der Waals surface area contributed by atoms with Crippen LogP contribution in [0.4, 0.5) is 0 Å². The van der Waals surface area contributed by atoms with Crippen molar-refractivity contribution >= 4 is 27.7 Å². The Bertz CT molecular complexity index is 593. The molecule has 21 heavy (non-hydrogen) atoms. The zero-order valence-corrected chi connectivity index (χ0v) is 15.1. The van der Waals surface area contributed by atoms with Crippen molar-refractivity contribution in [2.45, 2.75) is 43.7 Å². The highest BCUT2D eigenvalue weighted by molar-refractivity contribution is 9.10. The van der Waals surface area contributed by atoms with Crippen molar-refractivity contribution in [1.29, 1.82) is 0 Å². The van der Waals surface area contributed by atoms with Crippen LogP contribution in [0.1, 0.15) is 30.2 Å². The Morgan fingerprint density at radius 1 is 1.19 bits per heavy atom. The van der Waals surface area contributed by atoms with E-state index in [1.165, 1.54) is 16.0 Å². The van der Waals surface area contributed by atoms with Gasteiger partial charge in [0.15, 0.2) is 0 Å². The van der Waals surface area contributed by atoms with Crippen molar-refractivity contribution in [2.75, 3.05) is 6.54 Å². The van der Waals surface area contributed by atoms with Crippen LogP contribution in [0.15, 0.2) is 44.7 Å². The fourth-order valence-electron chi connectivity index (χ4n) is 2.12. The molecule has 0 unspecified atom stereocenters. The van der Waals surface area contributed by atoms with Gasteiger partial charge in [0.25, 0.3) is 0 Å². The SMILES string of the molecule is CCCNCc1ccc(Sc2cc(C)cc(C)n2)c(Br)c1. The number of aromatic nitrogens is 1. The molecular weight excluding hydrogens is 344 g/mol. The molecule has 0 atom stereocenters. The van der Waals surface area contributed by atoms with E-state index in [0.29, 0.717) is 0 Å². The fraction of sp³-hybridized carbons (Fsp3) is 0.353. The predicted octanol–water partition coefficient (Wildman–Crippen LogP) is 5.11. The Labute approximate surface area is 139 Å². The van der Waals surface area contributed by atoms with Gasteiger partial charge >= 0.3 is 0 Å². The number of hydrogen-bond acceptors (Lipinski definition) is 3. The van der Waals surface area contributed by atoms with E-state index in [1.54, 1.807) is 11.8 Å². The second-order valence-electron chi connectivity index (χ2n) is 5.17. The molecule has 1 N–H and O–H groups in total. The lowest BCUT2D eigenvalue weighted by Crippen LogP contribution is -2.13. The standard InChI is InChI=1S/C17H21BrN2S/c1-4-7-19-11-14-5-6-16(15(18)10-14)21-17-9-12(2)8-13(3)20-17/h5-6,8-10,19H,4,7,11H2,1-3H3. The molecule has 2 aromatic rings. The molecule has 0 radical (unpaired) electrons. The van der Waals surface area contributed by atoms with Crippen LogP contribution in [0, 0.1) is 13.8 Å². The average Bonchev–Trinajstić information content (AvgIpc) is 2.41. The van der Waals surface area contributed by atoms with Gasteiger partial charge in [-0.1, -0.05) is 24.8 Å². The Kier molecular flexibility index (Phi) is 6.27. The summed E-state index contributed by atoms with van der Waals surface area (Å²) in [7, 11) is 0. The normalized spacial score (nSPS) is 10.9. The van der Waals surface area contributed by atoms with Crippen LogP contribution >= 0.6 is 27.7 Å². The Balaban J connectivity index is 2.10. The first kappa shape index (κ1) is 16.5. The summed E-state index contributed by atoms with van der Waals surface area (Å²) in [4.78, 5) is 5.78. The highest BCUT2D eigenvalue weighted by Gasteiger charge is 2.06. The molecular formula is C17H21BrN2S. The molecule has 1 aromatic heterocycles. The Hall–Kier alpha value is -0.840. The van der Waals surface area contributed by atoms with E-state index in [2.05, 4.69) is 70.4 Å². The van der Waals surface area contributed by atoms with E-state index in [9.17, 15) is 0 Å². The van der Waals surface area contributed by atoms with Crippen LogP contribution in [0.25, 0.3) is 0 Å². The number of hydrogen-bond donors (Lipinski definition) is 1. The maximum absolute atomic E-state index is 4.58. The van der Waals surface area contributed by atoms with Gasteiger partial charge < -0.3 is 5.32 Å². The minimum absolute atomic E-state index is 0.916. The maximum atomic E-state index is 4.58. The quantitative estimate of drug-likeness (QED) is 0.720. The third kappa shape index (κ3) is 5.13. The van der Waals surface area contributed by atoms with Crippen LogP contribution in [0.3, 0.4) is 0 Å². The van der Waals surface area contributed by atoms with E-state index >= 15 is 0 Å². The molecule has 2 rings (SSSR count). The van der Waals surface area contributed by atoms with E-state index in [4.69, 9.17) is 0 Å². The molecule has 0 aliphatic rings. The predicted molar refractivity (Wildman–Crippen MR) is 94.0 cm³/mol. The molecule has 0 aliphatic heterocycles. The largest absolute Gasteiger partial charge is 0.313 e. The zero-order valence-electron chi connectivity index (χ0n) is 12.7. The molecule has 1 heterocycles. The molecule has 0 saturated heterocycles. The van der Waals surface area contributed by atoms with Crippen LogP contribution < -0.4 is 5.32 Å². The number of pyridine rings is 1. The number of halogens is 1. The van der Waals surface area contributed by atoms with Crippen molar-refractivity contribution in [3.05, 3.63) is 51.6 Å². The summed E-state index contributed by atoms with van der Waals surface area (Å²) < 4.78 is 1.13. The van der Waals surface area contributed by atoms with E-state index < -0.39 is 0 Å². The van der Waals surface area contributed by atoms with Crippen LogP contribution in [-0.2, 0) is 6.54 Å². The number of rotatable bonds is 6. The van der Waals surface area contributed by atoms with Gasteiger partial charge in [0, 0.05) is 21.6 Å². The number of nitrogens with one attached hydrogen (secondary N) is 1. The Morgan fingerprint density at radius 3 is 2.67 bits per heavy atom. The van der Waals surface area contributed by atoms with Crippen molar-refractivity contribution < 1.29 is 0 Å². The molecule has 2 nitrogen and oxygen atoms in total. The monoisotopic (exact) mass is 364 g/mol. The summed E-state index contributed by atoms with van der Waals surface area (Å²) in [6, 6.07) is 10.8. The van der Waals surface area contributed by atoms with Gasteiger partial charge in [0.1, 0.15) is 5.03 Å². The molecule has 1 aromatic carbocycles. The van der Waals surface area contributed by atoms with Gasteiger partial charge in [-0.05, 0) is 78.1 Å². The lowest BCUT2D eigenvalue weighted by atomic mass is 10.2. The van der Waals surface area contributed by atoms with Gasteiger partial charge in [-0.15, -0.1) is 0 Å². The molecule has 0 saturated carbocycles. The van der Waals surface area contributed by atoms with E-state index in [0.717, 1.165) is 34.7 Å². The van der Waals surface area contributed by atoms with E-state index in [1.807, 2.05) is 6.92 Å². The van der Waals surface area contributed by atoms with Gasteiger partial charge in [-0.3, -0.25) is 0 Å². The number of nitrogens with zero attached hydrogens (tertiary/aromatic N) is 1. The van der Waals surface area contributed by atoms with Crippen molar-refractivity contribution in [3.8, 4) is 0 Å². The summed E-state index contributed by atoms with van der Waals surface area (Å²) in [6.45, 7) is 8.30. The summed E-state index contributed by atoms with van der Waals surface area (Å²) in [5.41, 5.74) is 3.61. The first-order valence-corrected chi connectivity index (χ1v) is 8.81. The summed E-state index contributed by atoms with van der Waals surface area (Å²) in [5, 5.41) is 4.47. The minimum atomic E-state index is 0.916. The Morgan fingerprint density at radius 2 is 2.00 bits per heavy atom. The lowest BCUT2D eigenvalue weighted by molar-refractivity contribution is 0.675. The summed E-state index contributed by atoms with van der Waals surface area (Å²) in [6.07, 6.45) is 1.16. The van der Waals surface area contributed by atoms with Crippen molar-refractivity contribution in [3.63, 3.8) is 0 Å². The number of aryl methyl sites for hydroxylation is 2. The third-order valence-electron chi connectivity index (χ3n) is 3.04. The summed E-state index contributed by atoms with van der Waals surface area (Å²) in [5.74, 6) is 0. The molecule has 0 spiro atoms. The van der Waals surface area contributed by atoms with Gasteiger partial charge in [0.2, 0.25) is 0 Å². The molecule has 4 heteroatoms. The van der Waals surface area contributed by atoms with Crippen molar-refractivity contribution in [1.82, 2.24) is 10.3 Å². The molecule has 0 bridgehead atoms. The smallest absolute Gasteiger partial charge is 0.101 e. The van der Waals surface area contributed by atoms with Crippen LogP contribution in [0.2, 0.25) is 0 Å². The minimum Gasteiger partial charge on any atom is -0.313 e. The molecule has 0 amide bonds. The highest BCUT2D eigenvalue weighted by atomic mass is 79.9. The van der Waals surface area contributed by atoms with Crippen LogP contribution in [0.5, 0.6) is 0 Å². The fourth-order valence-corrected chi connectivity index (χ4v) is 3.74. The van der Waals surface area contributed by atoms with Gasteiger partial charge in [-0.2, -0.15) is 0 Å². The third-order valence-corrected chi connectivity index (χ3v) is 4.95. The van der Waals surface area contributed by atoms with Crippen molar-refractivity contribution in [2.24, 2.45) is 0 Å². The lowest BCUT2D eigenvalue weighted by Gasteiger charge is -2.09. The van der Waals surface area contributed by atoms with Crippen LogP contribution in [-0.4, -0.2) is 11.5 Å². The summed E-state index contributed by atoms with van der Waals surface area (Å²) >= 11 is 5.38.